The first-order chi connectivity index (χ1) is 7.97. The second-order valence-electron chi connectivity index (χ2n) is 3.99. The van der Waals surface area contributed by atoms with E-state index in [1.54, 1.807) is 0 Å². The fraction of sp³-hybridized carbons (Fsp3) is 0.333. The van der Waals surface area contributed by atoms with E-state index in [0.29, 0.717) is 0 Å². The van der Waals surface area contributed by atoms with Gasteiger partial charge in [0, 0.05) is 5.40 Å². The Balaban J connectivity index is 2.97. The highest BCUT2D eigenvalue weighted by atomic mass is 79.9. The summed E-state index contributed by atoms with van der Waals surface area (Å²) in [6.07, 6.45) is 0. The molecular weight excluding hydrogens is 288 g/mol. The van der Waals surface area contributed by atoms with Crippen LogP contribution in [0.25, 0.3) is 0 Å². The highest BCUT2D eigenvalue weighted by molar-refractivity contribution is 9.11. The number of hydrogen-bond acceptors (Lipinski definition) is 1. The van der Waals surface area contributed by atoms with Crippen molar-refractivity contribution < 1.29 is 9.13 Å². The van der Waals surface area contributed by atoms with Gasteiger partial charge < -0.3 is 4.74 Å². The molecule has 0 atom stereocenters. The smallest absolute Gasteiger partial charge is 0.123 e. The van der Waals surface area contributed by atoms with Crippen molar-refractivity contribution in [3.8, 4) is 5.75 Å². The van der Waals surface area contributed by atoms with Crippen LogP contribution in [0.1, 0.15) is 0 Å². The minimum Gasteiger partial charge on any atom is -0.508 e. The maximum Gasteiger partial charge on any atom is 0.123 e. The highest BCUT2D eigenvalue weighted by Crippen LogP contribution is 2.43. The van der Waals surface area contributed by atoms with Gasteiger partial charge in [-0.1, -0.05) is 9.34 Å². The average Bonchev–Trinajstić information content (AvgIpc) is 2.19. The van der Waals surface area contributed by atoms with Gasteiger partial charge in [0.2, 0.25) is 0 Å². The third kappa shape index (κ3) is 3.23. The Bertz CT molecular complexity index is 416. The molecule has 0 spiro atoms. The van der Waals surface area contributed by atoms with Crippen LogP contribution in [0, 0.1) is 5.82 Å². The first kappa shape index (κ1) is 15.9. The van der Waals surface area contributed by atoms with Gasteiger partial charge in [-0.25, -0.2) is 4.39 Å². The van der Waals surface area contributed by atoms with E-state index < -0.39 is 20.6 Å². The first-order valence-corrected chi connectivity index (χ1v) is 5.63. The summed E-state index contributed by atoms with van der Waals surface area (Å²) < 4.78 is 16.2. The topological polar surface area (TPSA) is 9.23 Å². The van der Waals surface area contributed by atoms with Gasteiger partial charge in [0.1, 0.15) is 27.3 Å². The average molecular weight is 292 g/mol. The lowest BCUT2D eigenvalue weighted by Gasteiger charge is -2.52. The van der Waals surface area contributed by atoms with Crippen molar-refractivity contribution in [2.24, 2.45) is 0 Å². The third-order valence-electron chi connectivity index (χ3n) is 2.38. The Hall–Kier alpha value is -0.180. The van der Waals surface area contributed by atoms with Crippen LogP contribution in [0.3, 0.4) is 0 Å². The van der Waals surface area contributed by atoms with Crippen LogP contribution in [0.2, 0.25) is 5.21 Å². The molecule has 0 saturated carbocycles. The maximum atomic E-state index is 12.7. The molecule has 0 heterocycles. The SMILES string of the molecule is [B]C([B])(Br)C([B])([B])C([B])([B])Oc1ccc(F)cc1. The van der Waals surface area contributed by atoms with Crippen LogP contribution in [-0.4, -0.2) is 56.6 Å². The quantitative estimate of drug-likeness (QED) is 0.562. The van der Waals surface area contributed by atoms with Crippen molar-refractivity contribution in [1.29, 1.82) is 0 Å². The maximum absolute atomic E-state index is 12.7. The van der Waals surface area contributed by atoms with Crippen molar-refractivity contribution in [2.45, 2.75) is 14.7 Å². The zero-order valence-corrected chi connectivity index (χ0v) is 11.0. The predicted octanol–water partition coefficient (Wildman–Crippen LogP) is 0.0342. The van der Waals surface area contributed by atoms with Gasteiger partial charge in [-0.2, -0.15) is 0 Å². The molecule has 0 N–H and O–H groups in total. The highest BCUT2D eigenvalue weighted by Gasteiger charge is 2.45. The molecule has 9 heteroatoms. The van der Waals surface area contributed by atoms with E-state index in [9.17, 15) is 4.39 Å². The molecule has 18 heavy (non-hydrogen) atoms. The van der Waals surface area contributed by atoms with Crippen molar-refractivity contribution in [2.75, 3.05) is 0 Å². The summed E-state index contributed by atoms with van der Waals surface area (Å²) in [5, 5.41) is -4.09. The van der Waals surface area contributed by atoms with Gasteiger partial charge in [0.05, 0.1) is 31.4 Å². The first-order valence-electron chi connectivity index (χ1n) is 4.84. The Morgan fingerprint density at radius 1 is 0.944 bits per heavy atom. The molecule has 0 amide bonds. The fourth-order valence-corrected chi connectivity index (χ4v) is 1.39. The molecule has 1 rings (SSSR count). The monoisotopic (exact) mass is 292 g/mol. The van der Waals surface area contributed by atoms with E-state index in [4.69, 9.17) is 51.8 Å². The predicted molar refractivity (Wildman–Crippen MR) is 78.6 cm³/mol. The molecular formula is C9H4B6BrFO. The molecule has 1 aromatic rings. The fourth-order valence-electron chi connectivity index (χ4n) is 1.08. The zero-order valence-electron chi connectivity index (χ0n) is 9.44. The van der Waals surface area contributed by atoms with Crippen molar-refractivity contribution in [3.63, 3.8) is 0 Å². The molecule has 1 nitrogen and oxygen atoms in total. The van der Waals surface area contributed by atoms with Crippen molar-refractivity contribution in [3.05, 3.63) is 30.1 Å². The van der Waals surface area contributed by atoms with E-state index in [2.05, 4.69) is 15.9 Å². The summed E-state index contributed by atoms with van der Waals surface area (Å²) in [4.78, 5) is 0. The Morgan fingerprint density at radius 2 is 1.39 bits per heavy atom. The summed E-state index contributed by atoms with van der Waals surface area (Å²) >= 11 is 2.87. The number of rotatable bonds is 4. The second-order valence-corrected chi connectivity index (χ2v) is 5.30. The number of alkyl halides is 1. The summed E-state index contributed by atoms with van der Waals surface area (Å²) in [6.45, 7) is 0. The van der Waals surface area contributed by atoms with Crippen LogP contribution in [0.15, 0.2) is 24.3 Å². The Labute approximate surface area is 123 Å². The molecule has 0 unspecified atom stereocenters. The zero-order chi connectivity index (χ0) is 14.2. The van der Waals surface area contributed by atoms with Gasteiger partial charge in [-0.3, -0.25) is 0 Å². The van der Waals surface area contributed by atoms with E-state index in [0.717, 1.165) is 12.1 Å². The van der Waals surface area contributed by atoms with Crippen LogP contribution in [-0.2, 0) is 0 Å². The van der Waals surface area contributed by atoms with Gasteiger partial charge in [-0.15, -0.1) is 15.9 Å². The van der Waals surface area contributed by atoms with Crippen LogP contribution >= 0.6 is 15.9 Å². The molecule has 0 aliphatic rings. The van der Waals surface area contributed by atoms with E-state index in [-0.39, 0.29) is 5.75 Å². The summed E-state index contributed by atoms with van der Waals surface area (Å²) in [7, 11) is 33.8. The van der Waals surface area contributed by atoms with Gasteiger partial charge in [0.25, 0.3) is 0 Å². The van der Waals surface area contributed by atoms with Crippen molar-refractivity contribution >= 4 is 63.0 Å². The minimum atomic E-state index is -2.09. The molecule has 0 fully saturated rings. The van der Waals surface area contributed by atoms with E-state index in [1.807, 2.05) is 0 Å². The Kier molecular flexibility index (Phi) is 4.47. The molecule has 0 aromatic heterocycles. The molecule has 78 valence electrons. The molecule has 0 bridgehead atoms. The molecule has 0 saturated heterocycles. The lowest BCUT2D eigenvalue weighted by atomic mass is 9.26. The van der Waals surface area contributed by atoms with Gasteiger partial charge >= 0.3 is 0 Å². The molecule has 12 radical (unpaired) electrons. The standard InChI is InChI=1S/C9H4B6BrFO/c10-7(11,8(12,13)16)9(14,15)18-6-3-1-5(17)2-4-6/h1-4H. The summed E-state index contributed by atoms with van der Waals surface area (Å²) in [6, 6.07) is 4.93. The van der Waals surface area contributed by atoms with E-state index >= 15 is 0 Å². The van der Waals surface area contributed by atoms with Crippen LogP contribution in [0.5, 0.6) is 5.75 Å². The largest absolute Gasteiger partial charge is 0.508 e. The number of hydrogen-bond donors (Lipinski definition) is 0. The minimum absolute atomic E-state index is 0.165. The summed E-state index contributed by atoms with van der Waals surface area (Å²) in [5.41, 5.74) is 0. The van der Waals surface area contributed by atoms with Crippen LogP contribution in [0.4, 0.5) is 4.39 Å². The second kappa shape index (κ2) is 5.07. The lowest BCUT2D eigenvalue weighted by Crippen LogP contribution is -2.60. The lowest BCUT2D eigenvalue weighted by molar-refractivity contribution is 0.217. The number of ether oxygens (including phenoxy) is 1. The number of halogens is 2. The molecule has 1 aromatic carbocycles. The normalized spacial score (nSPS) is 13.2. The van der Waals surface area contributed by atoms with E-state index in [1.165, 1.54) is 12.1 Å². The van der Waals surface area contributed by atoms with Crippen LogP contribution < -0.4 is 4.74 Å². The Morgan fingerprint density at radius 3 is 1.78 bits per heavy atom. The van der Waals surface area contributed by atoms with Gasteiger partial charge in [-0.05, 0) is 24.3 Å². The molecule has 0 aliphatic carbocycles. The number of benzene rings is 1. The third-order valence-corrected chi connectivity index (χ3v) is 3.04. The molecule has 0 aliphatic heterocycles. The van der Waals surface area contributed by atoms with Crippen molar-refractivity contribution in [1.82, 2.24) is 0 Å². The summed E-state index contributed by atoms with van der Waals surface area (Å²) in [5.74, 6) is -0.278. The van der Waals surface area contributed by atoms with Gasteiger partial charge in [0.15, 0.2) is 0 Å².